The van der Waals surface area contributed by atoms with E-state index in [-0.39, 0.29) is 22.9 Å². The van der Waals surface area contributed by atoms with Crippen LogP contribution in [0, 0.1) is 12.7 Å². The van der Waals surface area contributed by atoms with Crippen molar-refractivity contribution in [2.45, 2.75) is 45.8 Å². The van der Waals surface area contributed by atoms with E-state index in [1.165, 1.54) is 13.0 Å². The Labute approximate surface area is 192 Å². The van der Waals surface area contributed by atoms with Crippen molar-refractivity contribution in [2.75, 3.05) is 17.6 Å². The molecule has 2 N–H and O–H groups in total. The summed E-state index contributed by atoms with van der Waals surface area (Å²) in [5.41, 5.74) is 0.382. The van der Waals surface area contributed by atoms with Crippen molar-refractivity contribution in [1.82, 2.24) is 5.32 Å². The number of hydrogen-bond donors (Lipinski definition) is 2. The minimum Gasteiger partial charge on any atom is -0.382 e. The second kappa shape index (κ2) is 9.76. The fourth-order valence-corrected chi connectivity index (χ4v) is 5.63. The molecule has 0 spiro atoms. The minimum absolute atomic E-state index is 0.0751. The second-order valence-corrected chi connectivity index (χ2v) is 11.9. The third-order valence-corrected chi connectivity index (χ3v) is 9.08. The Morgan fingerprint density at radius 2 is 1.76 bits per heavy atom. The molecule has 2 aromatic rings. The number of halogens is 4. The van der Waals surface area contributed by atoms with E-state index in [1.54, 1.807) is 12.1 Å². The summed E-state index contributed by atoms with van der Waals surface area (Å²) in [4.78, 5) is 0. The van der Waals surface area contributed by atoms with Gasteiger partial charge in [-0.3, -0.25) is 0 Å². The van der Waals surface area contributed by atoms with Crippen molar-refractivity contribution in [3.05, 3.63) is 77.3 Å². The molecule has 3 rings (SSSR count). The fraction of sp³-hybridized carbons (Fsp3) is 0.360. The summed E-state index contributed by atoms with van der Waals surface area (Å²) >= 11 is 0. The molecule has 0 heterocycles. The van der Waals surface area contributed by atoms with Gasteiger partial charge < -0.3 is 15.2 Å². The molecule has 1 saturated carbocycles. The number of allylic oxidation sites excluding steroid dienone is 1. The van der Waals surface area contributed by atoms with Crippen molar-refractivity contribution in [3.8, 4) is 0 Å². The number of hydrogen-bond acceptors (Lipinski definition) is 3. The quantitative estimate of drug-likeness (QED) is 0.233. The van der Waals surface area contributed by atoms with E-state index in [2.05, 4.69) is 17.2 Å². The molecule has 33 heavy (non-hydrogen) atoms. The van der Waals surface area contributed by atoms with Crippen molar-refractivity contribution in [1.29, 1.82) is 0 Å². The van der Waals surface area contributed by atoms with Crippen molar-refractivity contribution in [2.24, 2.45) is 0 Å². The van der Waals surface area contributed by atoms with E-state index in [4.69, 9.17) is 0 Å². The minimum atomic E-state index is -4.70. The molecular formula is C25H29F4N2OP. The molecule has 0 aliphatic heterocycles. The van der Waals surface area contributed by atoms with Crippen LogP contribution in [0.5, 0.6) is 0 Å². The summed E-state index contributed by atoms with van der Waals surface area (Å²) in [6.45, 7) is 9.22. The molecule has 2 aromatic carbocycles. The lowest BCUT2D eigenvalue weighted by Gasteiger charge is -2.20. The molecule has 0 aromatic heterocycles. The fourth-order valence-electron chi connectivity index (χ4n) is 3.76. The van der Waals surface area contributed by atoms with Gasteiger partial charge in [0.25, 0.3) is 0 Å². The molecule has 178 valence electrons. The van der Waals surface area contributed by atoms with Crippen molar-refractivity contribution < 1.29 is 22.1 Å². The highest BCUT2D eigenvalue weighted by Gasteiger charge is 2.36. The van der Waals surface area contributed by atoms with E-state index in [0.717, 1.165) is 24.2 Å². The van der Waals surface area contributed by atoms with Crippen molar-refractivity contribution >= 4 is 23.8 Å². The molecule has 0 amide bonds. The van der Waals surface area contributed by atoms with Crippen LogP contribution in [-0.2, 0) is 10.7 Å². The van der Waals surface area contributed by atoms with Gasteiger partial charge in [-0.2, -0.15) is 13.2 Å². The summed E-state index contributed by atoms with van der Waals surface area (Å²) in [7, 11) is -2.40. The first-order valence-corrected chi connectivity index (χ1v) is 13.0. The lowest BCUT2D eigenvalue weighted by atomic mass is 9.97. The van der Waals surface area contributed by atoms with E-state index < -0.39 is 24.7 Å². The molecule has 1 aliphatic rings. The van der Waals surface area contributed by atoms with Crippen LogP contribution in [-0.4, -0.2) is 18.4 Å². The van der Waals surface area contributed by atoms with Crippen LogP contribution >= 0.6 is 7.14 Å². The first-order chi connectivity index (χ1) is 15.5. The average molecular weight is 480 g/mol. The number of rotatable bonds is 9. The lowest BCUT2D eigenvalue weighted by molar-refractivity contribution is -0.138. The molecule has 0 saturated heterocycles. The highest BCUT2D eigenvalue weighted by molar-refractivity contribution is 7.71. The topological polar surface area (TPSA) is 41.1 Å². The Morgan fingerprint density at radius 3 is 2.27 bits per heavy atom. The molecule has 1 aliphatic carbocycles. The van der Waals surface area contributed by atoms with Gasteiger partial charge in [0.1, 0.15) is 13.0 Å². The Bertz CT molecular complexity index is 1090. The van der Waals surface area contributed by atoms with Crippen molar-refractivity contribution in [3.63, 3.8) is 0 Å². The molecule has 0 unspecified atom stereocenters. The third kappa shape index (κ3) is 6.08. The third-order valence-electron chi connectivity index (χ3n) is 5.79. The van der Waals surface area contributed by atoms with Gasteiger partial charge in [-0.1, -0.05) is 20.4 Å². The predicted molar refractivity (Wildman–Crippen MR) is 128 cm³/mol. The number of anilines is 1. The van der Waals surface area contributed by atoms with Gasteiger partial charge in [-0.25, -0.2) is 4.39 Å². The predicted octanol–water partition coefficient (Wildman–Crippen LogP) is 6.90. The normalized spacial score (nSPS) is 14.8. The van der Waals surface area contributed by atoms with Crippen LogP contribution < -0.4 is 15.9 Å². The molecule has 1 fully saturated rings. The maximum atomic E-state index is 13.8. The Morgan fingerprint density at radius 1 is 1.15 bits per heavy atom. The Hall–Kier alpha value is -2.53. The molecule has 8 heteroatoms. The Kier molecular flexibility index (Phi) is 7.42. The Balaban J connectivity index is 1.92. The summed E-state index contributed by atoms with van der Waals surface area (Å²) in [5, 5.41) is 7.02. The smallest absolute Gasteiger partial charge is 0.382 e. The molecular weight excluding hydrogens is 451 g/mol. The van der Waals surface area contributed by atoms with Gasteiger partial charge in [0, 0.05) is 46.3 Å². The average Bonchev–Trinajstić information content (AvgIpc) is 3.56. The largest absolute Gasteiger partial charge is 0.417 e. The van der Waals surface area contributed by atoms with E-state index in [9.17, 15) is 22.1 Å². The summed E-state index contributed by atoms with van der Waals surface area (Å²) < 4.78 is 67.8. The second-order valence-electron chi connectivity index (χ2n) is 8.34. The SMILES string of the molecule is C=C(/C=C(/NC1CC1)c1c(C)cc(F)cc1C(F)(F)F)Nc1ccc(P(=O)(CC)CC)cc1. The first-order valence-electron chi connectivity index (χ1n) is 11.0. The molecule has 0 radical (unpaired) electrons. The van der Waals surface area contributed by atoms with Gasteiger partial charge in [0.2, 0.25) is 0 Å². The number of nitrogens with one attached hydrogen (secondary N) is 2. The standard InChI is InChI=1S/C25H29F4N2OP/c1-5-33(32,6-2)21-11-9-19(10-12-21)30-17(4)14-23(31-20-7-8-20)24-16(3)13-18(26)15-22(24)25(27,28)29/h9-15,20,30-31H,4-8H2,1-3H3/b23-14+. The maximum absolute atomic E-state index is 13.8. The van der Waals surface area contributed by atoms with Crippen LogP contribution in [0.15, 0.2) is 54.8 Å². The van der Waals surface area contributed by atoms with Crippen LogP contribution in [0.4, 0.5) is 23.2 Å². The molecule has 3 nitrogen and oxygen atoms in total. The van der Waals surface area contributed by atoms with Gasteiger partial charge in [-0.05, 0) is 67.8 Å². The number of benzene rings is 2. The maximum Gasteiger partial charge on any atom is 0.417 e. The summed E-state index contributed by atoms with van der Waals surface area (Å²) in [5.74, 6) is -0.928. The zero-order valence-corrected chi connectivity index (χ0v) is 19.9. The van der Waals surface area contributed by atoms with Gasteiger partial charge in [0.15, 0.2) is 0 Å². The zero-order valence-electron chi connectivity index (χ0n) is 19.0. The summed E-state index contributed by atoms with van der Waals surface area (Å²) in [6, 6.07) is 8.88. The van der Waals surface area contributed by atoms with E-state index in [0.29, 0.717) is 29.8 Å². The van der Waals surface area contributed by atoms with Crippen LogP contribution in [0.25, 0.3) is 5.70 Å². The summed E-state index contributed by atoms with van der Waals surface area (Å²) in [6.07, 6.45) is -0.306. The first kappa shape index (κ1) is 25.1. The zero-order chi connectivity index (χ0) is 24.4. The number of aryl methyl sites for hydroxylation is 1. The lowest BCUT2D eigenvalue weighted by Crippen LogP contribution is -2.20. The molecule has 0 bridgehead atoms. The van der Waals surface area contributed by atoms with Gasteiger partial charge in [0.05, 0.1) is 5.56 Å². The van der Waals surface area contributed by atoms with Crippen LogP contribution in [0.1, 0.15) is 43.4 Å². The van der Waals surface area contributed by atoms with E-state index >= 15 is 0 Å². The number of alkyl halides is 3. The highest BCUT2D eigenvalue weighted by Crippen LogP contribution is 2.43. The van der Waals surface area contributed by atoms with Crippen LogP contribution in [0.3, 0.4) is 0 Å². The molecule has 0 atom stereocenters. The van der Waals surface area contributed by atoms with Crippen LogP contribution in [0.2, 0.25) is 0 Å². The van der Waals surface area contributed by atoms with E-state index in [1.807, 2.05) is 26.0 Å². The monoisotopic (exact) mass is 480 g/mol. The van der Waals surface area contributed by atoms with Gasteiger partial charge in [-0.15, -0.1) is 0 Å². The highest BCUT2D eigenvalue weighted by atomic mass is 31.2. The van der Waals surface area contributed by atoms with Gasteiger partial charge >= 0.3 is 6.18 Å².